The van der Waals surface area contributed by atoms with Crippen molar-refractivity contribution in [2.24, 2.45) is 0 Å². The maximum Gasteiger partial charge on any atom is 0.243 e. The van der Waals surface area contributed by atoms with E-state index in [1.165, 1.54) is 22.5 Å². The van der Waals surface area contributed by atoms with Crippen molar-refractivity contribution in [2.75, 3.05) is 18.4 Å². The van der Waals surface area contributed by atoms with E-state index in [1.54, 1.807) is 30.3 Å². The number of amides is 1. The lowest BCUT2D eigenvalue weighted by Crippen LogP contribution is -2.35. The fourth-order valence-corrected chi connectivity index (χ4v) is 4.54. The lowest BCUT2D eigenvalue weighted by Gasteiger charge is -2.26. The molecule has 2 aromatic rings. The van der Waals surface area contributed by atoms with Gasteiger partial charge in [-0.3, -0.25) is 4.79 Å². The molecular weight excluding hydrogens is 355 g/mol. The number of nitrogens with zero attached hydrogens (tertiary/aromatic N) is 1. The molecule has 0 bridgehead atoms. The minimum Gasteiger partial charge on any atom is -0.326 e. The highest BCUT2D eigenvalue weighted by atomic mass is 32.2. The molecule has 0 saturated carbocycles. The Kier molecular flexibility index (Phi) is 5.68. The molecule has 2 aromatic carbocycles. The number of rotatable bonds is 5. The quantitative estimate of drug-likeness (QED) is 0.872. The summed E-state index contributed by atoms with van der Waals surface area (Å²) in [5, 5.41) is 2.70. The van der Waals surface area contributed by atoms with Crippen LogP contribution in [0.4, 0.5) is 10.1 Å². The van der Waals surface area contributed by atoms with Crippen LogP contribution in [0.5, 0.6) is 0 Å². The minimum atomic E-state index is -3.54. The van der Waals surface area contributed by atoms with Crippen LogP contribution >= 0.6 is 0 Å². The highest BCUT2D eigenvalue weighted by molar-refractivity contribution is 7.89. The van der Waals surface area contributed by atoms with Crippen LogP contribution < -0.4 is 5.32 Å². The smallest absolute Gasteiger partial charge is 0.243 e. The lowest BCUT2D eigenvalue weighted by molar-refractivity contribution is -0.115. The number of hydrogen-bond acceptors (Lipinski definition) is 3. The van der Waals surface area contributed by atoms with Crippen molar-refractivity contribution in [2.45, 2.75) is 30.6 Å². The first-order valence-corrected chi connectivity index (χ1v) is 10.0. The van der Waals surface area contributed by atoms with Gasteiger partial charge < -0.3 is 5.32 Å². The first-order valence-electron chi connectivity index (χ1n) is 8.60. The molecule has 1 amide bonds. The van der Waals surface area contributed by atoms with Gasteiger partial charge in [0, 0.05) is 18.8 Å². The monoisotopic (exact) mass is 376 g/mol. The fourth-order valence-electron chi connectivity index (χ4n) is 2.98. The molecule has 0 unspecified atom stereocenters. The molecule has 5 nitrogen and oxygen atoms in total. The number of piperidine rings is 1. The van der Waals surface area contributed by atoms with Crippen molar-refractivity contribution in [1.82, 2.24) is 4.31 Å². The van der Waals surface area contributed by atoms with E-state index in [2.05, 4.69) is 5.32 Å². The largest absolute Gasteiger partial charge is 0.326 e. The van der Waals surface area contributed by atoms with Crippen LogP contribution in [-0.4, -0.2) is 31.7 Å². The van der Waals surface area contributed by atoms with E-state index in [4.69, 9.17) is 0 Å². The Morgan fingerprint density at radius 2 is 1.73 bits per heavy atom. The van der Waals surface area contributed by atoms with Gasteiger partial charge >= 0.3 is 0 Å². The van der Waals surface area contributed by atoms with E-state index in [-0.39, 0.29) is 23.0 Å². The third kappa shape index (κ3) is 4.47. The number of hydrogen-bond donors (Lipinski definition) is 1. The van der Waals surface area contributed by atoms with Crippen molar-refractivity contribution in [3.05, 3.63) is 59.9 Å². The minimum absolute atomic E-state index is 0.0867. The van der Waals surface area contributed by atoms with Crippen LogP contribution in [0.3, 0.4) is 0 Å². The van der Waals surface area contributed by atoms with Crippen LogP contribution in [0, 0.1) is 5.82 Å². The number of carbonyl (C=O) groups excluding carboxylic acids is 1. The molecule has 3 rings (SSSR count). The van der Waals surface area contributed by atoms with Crippen molar-refractivity contribution < 1.29 is 17.6 Å². The summed E-state index contributed by atoms with van der Waals surface area (Å²) in [6, 6.07) is 12.0. The molecule has 1 aliphatic rings. The molecular formula is C19H21FN2O3S. The summed E-state index contributed by atoms with van der Waals surface area (Å²) >= 11 is 0. The summed E-state index contributed by atoms with van der Waals surface area (Å²) in [5.74, 6) is -0.645. The summed E-state index contributed by atoms with van der Waals surface area (Å²) in [7, 11) is -3.54. The van der Waals surface area contributed by atoms with Crippen LogP contribution in [0.15, 0.2) is 53.4 Å². The van der Waals surface area contributed by atoms with Gasteiger partial charge in [-0.05, 0) is 48.7 Å². The molecule has 0 atom stereocenters. The van der Waals surface area contributed by atoms with Crippen molar-refractivity contribution in [3.8, 4) is 0 Å². The van der Waals surface area contributed by atoms with E-state index in [0.29, 0.717) is 24.3 Å². The van der Waals surface area contributed by atoms with Crippen LogP contribution in [0.25, 0.3) is 0 Å². The fraction of sp³-hybridized carbons (Fsp3) is 0.316. The molecule has 7 heteroatoms. The topological polar surface area (TPSA) is 66.5 Å². The highest BCUT2D eigenvalue weighted by Gasteiger charge is 2.26. The molecule has 0 spiro atoms. The standard InChI is InChI=1S/C19H21FN2O3S/c20-16-9-7-15(8-10-16)13-19(23)21-17-5-4-6-18(14-17)26(24,25)22-11-2-1-3-12-22/h4-10,14H,1-3,11-13H2,(H,21,23). The van der Waals surface area contributed by atoms with Gasteiger partial charge in [0.1, 0.15) is 5.82 Å². The van der Waals surface area contributed by atoms with Crippen LogP contribution in [-0.2, 0) is 21.2 Å². The van der Waals surface area contributed by atoms with Gasteiger partial charge in [0.25, 0.3) is 0 Å². The van der Waals surface area contributed by atoms with Crippen LogP contribution in [0.2, 0.25) is 0 Å². The summed E-state index contributed by atoms with van der Waals surface area (Å²) in [4.78, 5) is 12.3. The number of halogens is 1. The maximum absolute atomic E-state index is 12.9. The molecule has 1 heterocycles. The molecule has 0 aliphatic carbocycles. The first kappa shape index (κ1) is 18.5. The molecule has 1 fully saturated rings. The van der Waals surface area contributed by atoms with Gasteiger partial charge in [0.2, 0.25) is 15.9 Å². The molecule has 26 heavy (non-hydrogen) atoms. The summed E-state index contributed by atoms with van der Waals surface area (Å²) in [6.45, 7) is 1.06. The SMILES string of the molecule is O=C(Cc1ccc(F)cc1)Nc1cccc(S(=O)(=O)N2CCCCC2)c1. The third-order valence-electron chi connectivity index (χ3n) is 4.35. The van der Waals surface area contributed by atoms with Gasteiger partial charge in [-0.25, -0.2) is 12.8 Å². The zero-order valence-corrected chi connectivity index (χ0v) is 15.1. The van der Waals surface area contributed by atoms with Gasteiger partial charge in [-0.2, -0.15) is 4.31 Å². The van der Waals surface area contributed by atoms with E-state index in [1.807, 2.05) is 0 Å². The molecule has 0 radical (unpaired) electrons. The average molecular weight is 376 g/mol. The molecule has 138 valence electrons. The zero-order valence-electron chi connectivity index (χ0n) is 14.3. The maximum atomic E-state index is 12.9. The molecule has 1 aliphatic heterocycles. The van der Waals surface area contributed by atoms with Crippen molar-refractivity contribution in [3.63, 3.8) is 0 Å². The Balaban J connectivity index is 1.70. The zero-order chi connectivity index (χ0) is 18.6. The van der Waals surface area contributed by atoms with Gasteiger partial charge in [0.05, 0.1) is 11.3 Å². The summed E-state index contributed by atoms with van der Waals surface area (Å²) < 4.78 is 39.9. The second-order valence-corrected chi connectivity index (χ2v) is 8.28. The number of sulfonamides is 1. The molecule has 0 aromatic heterocycles. The predicted molar refractivity (Wildman–Crippen MR) is 97.8 cm³/mol. The molecule has 1 N–H and O–H groups in total. The first-order chi connectivity index (χ1) is 12.4. The number of carbonyl (C=O) groups is 1. The van der Waals surface area contributed by atoms with Crippen molar-refractivity contribution in [1.29, 1.82) is 0 Å². The van der Waals surface area contributed by atoms with Gasteiger partial charge in [-0.15, -0.1) is 0 Å². The van der Waals surface area contributed by atoms with Crippen LogP contribution in [0.1, 0.15) is 24.8 Å². The van der Waals surface area contributed by atoms with E-state index >= 15 is 0 Å². The van der Waals surface area contributed by atoms with Gasteiger partial charge in [-0.1, -0.05) is 24.6 Å². The van der Waals surface area contributed by atoms with E-state index in [9.17, 15) is 17.6 Å². The summed E-state index contributed by atoms with van der Waals surface area (Å²) in [6.07, 6.45) is 2.87. The Bertz CT molecular complexity index is 876. The number of nitrogens with one attached hydrogen (secondary N) is 1. The van der Waals surface area contributed by atoms with Gasteiger partial charge in [0.15, 0.2) is 0 Å². The molecule has 1 saturated heterocycles. The van der Waals surface area contributed by atoms with E-state index < -0.39 is 10.0 Å². The summed E-state index contributed by atoms with van der Waals surface area (Å²) in [5.41, 5.74) is 1.11. The highest BCUT2D eigenvalue weighted by Crippen LogP contribution is 2.23. The normalized spacial score (nSPS) is 15.6. The average Bonchev–Trinajstić information content (AvgIpc) is 2.64. The lowest BCUT2D eigenvalue weighted by atomic mass is 10.1. The van der Waals surface area contributed by atoms with E-state index in [0.717, 1.165) is 19.3 Å². The Labute approximate surface area is 152 Å². The Morgan fingerprint density at radius 1 is 1.04 bits per heavy atom. The predicted octanol–water partition coefficient (Wildman–Crippen LogP) is 3.18. The van der Waals surface area contributed by atoms with Crippen molar-refractivity contribution >= 4 is 21.6 Å². The number of anilines is 1. The number of benzene rings is 2. The third-order valence-corrected chi connectivity index (χ3v) is 6.24. The Morgan fingerprint density at radius 3 is 2.42 bits per heavy atom. The second kappa shape index (κ2) is 7.97. The second-order valence-electron chi connectivity index (χ2n) is 6.34. The Hall–Kier alpha value is -2.25.